The van der Waals surface area contributed by atoms with Gasteiger partial charge in [0.25, 0.3) is 5.56 Å². The summed E-state index contributed by atoms with van der Waals surface area (Å²) in [6.07, 6.45) is 0. The fourth-order valence-electron chi connectivity index (χ4n) is 4.11. The monoisotopic (exact) mass is 433 g/mol. The Morgan fingerprint density at radius 3 is 2.48 bits per heavy atom. The molecular formula is C24H20FN3O2S. The van der Waals surface area contributed by atoms with E-state index in [0.717, 1.165) is 38.2 Å². The summed E-state index contributed by atoms with van der Waals surface area (Å²) in [5.74, 6) is -0.326. The molecule has 0 amide bonds. The zero-order chi connectivity index (χ0) is 21.7. The topological polar surface area (TPSA) is 49.0 Å². The second-order valence-electron chi connectivity index (χ2n) is 7.53. The van der Waals surface area contributed by atoms with Crippen LogP contribution in [0.4, 0.5) is 4.39 Å². The Hall–Kier alpha value is -3.29. The summed E-state index contributed by atoms with van der Waals surface area (Å²) in [5, 5.41) is 4.93. The Morgan fingerprint density at radius 1 is 1.00 bits per heavy atom. The number of aromatic nitrogens is 3. The van der Waals surface area contributed by atoms with Gasteiger partial charge in [-0.3, -0.25) is 9.36 Å². The van der Waals surface area contributed by atoms with Crippen LogP contribution in [0.1, 0.15) is 5.69 Å². The molecule has 0 aliphatic carbocycles. The van der Waals surface area contributed by atoms with Crippen LogP contribution in [0.25, 0.3) is 43.6 Å². The highest BCUT2D eigenvalue weighted by Gasteiger charge is 2.17. The molecule has 0 saturated carbocycles. The van der Waals surface area contributed by atoms with E-state index in [1.54, 1.807) is 42.2 Å². The van der Waals surface area contributed by atoms with E-state index >= 15 is 0 Å². The van der Waals surface area contributed by atoms with Crippen molar-refractivity contribution < 1.29 is 9.13 Å². The average molecular weight is 434 g/mol. The van der Waals surface area contributed by atoms with Gasteiger partial charge in [0.15, 0.2) is 0 Å². The van der Waals surface area contributed by atoms with Gasteiger partial charge in [0, 0.05) is 48.5 Å². The Bertz CT molecular complexity index is 1500. The summed E-state index contributed by atoms with van der Waals surface area (Å²) >= 11 is 1.58. The zero-order valence-corrected chi connectivity index (χ0v) is 18.2. The fraction of sp³-hybridized carbons (Fsp3) is 0.167. The lowest BCUT2D eigenvalue weighted by atomic mass is 10.0. The lowest BCUT2D eigenvalue weighted by molar-refractivity contribution is 0.182. The Labute approximate surface area is 182 Å². The van der Waals surface area contributed by atoms with Gasteiger partial charge in [-0.25, -0.2) is 9.37 Å². The van der Waals surface area contributed by atoms with Crippen molar-refractivity contribution in [3.63, 3.8) is 0 Å². The molecule has 5 aromatic rings. The second-order valence-corrected chi connectivity index (χ2v) is 8.39. The van der Waals surface area contributed by atoms with Gasteiger partial charge >= 0.3 is 0 Å². The van der Waals surface area contributed by atoms with E-state index in [1.165, 1.54) is 12.1 Å². The molecule has 0 spiro atoms. The molecule has 0 aliphatic rings. The largest absolute Gasteiger partial charge is 0.378 e. The summed E-state index contributed by atoms with van der Waals surface area (Å²) in [7, 11) is 5.39. The molecule has 0 aliphatic heterocycles. The molecule has 156 valence electrons. The standard InChI is InChI=1S/C24H20FN3O2S/c1-27-21-9-6-15(22-26-17(12-30-3)13-31-22)10-19(21)20-11-18(24(29)28(2)23(20)27)14-4-7-16(25)8-5-14/h4-11,13H,12H2,1-3H3. The van der Waals surface area contributed by atoms with Gasteiger partial charge in [-0.05, 0) is 42.0 Å². The molecule has 0 unspecified atom stereocenters. The molecule has 0 N–H and O–H groups in total. The summed E-state index contributed by atoms with van der Waals surface area (Å²) in [6, 6.07) is 14.2. The molecular weight excluding hydrogens is 413 g/mol. The maximum Gasteiger partial charge on any atom is 0.259 e. The van der Waals surface area contributed by atoms with Gasteiger partial charge in [-0.2, -0.15) is 0 Å². The molecule has 0 saturated heterocycles. The van der Waals surface area contributed by atoms with Crippen molar-refractivity contribution in [1.82, 2.24) is 14.1 Å². The second kappa shape index (κ2) is 7.44. The number of rotatable bonds is 4. The summed E-state index contributed by atoms with van der Waals surface area (Å²) < 4.78 is 22.3. The lowest BCUT2D eigenvalue weighted by Gasteiger charge is -2.08. The maximum atomic E-state index is 13.4. The normalized spacial score (nSPS) is 11.6. The van der Waals surface area contributed by atoms with Crippen LogP contribution in [-0.4, -0.2) is 21.2 Å². The van der Waals surface area contributed by atoms with Crippen LogP contribution in [0.3, 0.4) is 0 Å². The van der Waals surface area contributed by atoms with Crippen molar-refractivity contribution >= 4 is 33.3 Å². The van der Waals surface area contributed by atoms with E-state index in [9.17, 15) is 9.18 Å². The van der Waals surface area contributed by atoms with E-state index in [0.29, 0.717) is 17.7 Å². The Kier molecular flexibility index (Phi) is 4.72. The molecule has 0 atom stereocenters. The van der Waals surface area contributed by atoms with Crippen molar-refractivity contribution in [3.8, 4) is 21.7 Å². The molecule has 0 fully saturated rings. The first-order valence-corrected chi connectivity index (χ1v) is 10.7. The number of hydrogen-bond acceptors (Lipinski definition) is 4. The lowest BCUT2D eigenvalue weighted by Crippen LogP contribution is -2.20. The van der Waals surface area contributed by atoms with Crippen LogP contribution in [-0.2, 0) is 25.4 Å². The summed E-state index contributed by atoms with van der Waals surface area (Å²) in [5.41, 5.74) is 4.91. The van der Waals surface area contributed by atoms with Gasteiger partial charge in [-0.15, -0.1) is 11.3 Å². The Balaban J connectivity index is 1.76. The third-order valence-corrected chi connectivity index (χ3v) is 6.53. The van der Waals surface area contributed by atoms with E-state index in [2.05, 4.69) is 23.2 Å². The molecule has 2 aromatic carbocycles. The van der Waals surface area contributed by atoms with Crippen molar-refractivity contribution in [1.29, 1.82) is 0 Å². The fourth-order valence-corrected chi connectivity index (χ4v) is 4.91. The van der Waals surface area contributed by atoms with Gasteiger partial charge in [0.2, 0.25) is 0 Å². The number of pyridine rings is 1. The number of nitrogens with zero attached hydrogens (tertiary/aromatic N) is 3. The minimum atomic E-state index is -0.326. The van der Waals surface area contributed by atoms with Crippen molar-refractivity contribution in [2.24, 2.45) is 14.1 Å². The SMILES string of the molecule is COCc1csc(-c2ccc3c(c2)c2cc(-c4ccc(F)cc4)c(=O)n(C)c2n3C)n1. The van der Waals surface area contributed by atoms with Crippen molar-refractivity contribution in [2.45, 2.75) is 6.61 Å². The van der Waals surface area contributed by atoms with Gasteiger partial charge in [0.1, 0.15) is 16.5 Å². The number of aryl methyl sites for hydroxylation is 2. The van der Waals surface area contributed by atoms with Crippen LogP contribution in [0.5, 0.6) is 0 Å². The number of ether oxygens (including phenoxy) is 1. The van der Waals surface area contributed by atoms with Crippen molar-refractivity contribution in [2.75, 3.05) is 7.11 Å². The number of fused-ring (bicyclic) bond motifs is 3. The minimum Gasteiger partial charge on any atom is -0.378 e. The molecule has 5 nitrogen and oxygen atoms in total. The van der Waals surface area contributed by atoms with Crippen LogP contribution in [0.15, 0.2) is 58.7 Å². The molecule has 3 aromatic heterocycles. The van der Waals surface area contributed by atoms with Crippen LogP contribution in [0, 0.1) is 5.82 Å². The summed E-state index contributed by atoms with van der Waals surface area (Å²) in [6.45, 7) is 0.482. The van der Waals surface area contributed by atoms with Crippen molar-refractivity contribution in [3.05, 3.63) is 75.8 Å². The van der Waals surface area contributed by atoms with Crippen LogP contribution < -0.4 is 5.56 Å². The highest BCUT2D eigenvalue weighted by atomic mass is 32.1. The molecule has 5 rings (SSSR count). The van der Waals surface area contributed by atoms with Gasteiger partial charge < -0.3 is 9.30 Å². The average Bonchev–Trinajstić information content (AvgIpc) is 3.34. The minimum absolute atomic E-state index is 0.116. The van der Waals surface area contributed by atoms with Gasteiger partial charge in [0.05, 0.1) is 17.8 Å². The number of halogens is 1. The number of thiazole rings is 1. The molecule has 0 bridgehead atoms. The molecule has 7 heteroatoms. The predicted molar refractivity (Wildman–Crippen MR) is 123 cm³/mol. The first-order valence-electron chi connectivity index (χ1n) is 9.79. The molecule has 0 radical (unpaired) electrons. The van der Waals surface area contributed by atoms with E-state index in [-0.39, 0.29) is 11.4 Å². The summed E-state index contributed by atoms with van der Waals surface area (Å²) in [4.78, 5) is 17.8. The number of benzene rings is 2. The first kappa shape index (κ1) is 19.7. The highest BCUT2D eigenvalue weighted by molar-refractivity contribution is 7.13. The third-order valence-electron chi connectivity index (χ3n) is 5.59. The number of methoxy groups -OCH3 is 1. The van der Waals surface area contributed by atoms with Crippen LogP contribution in [0.2, 0.25) is 0 Å². The quantitative estimate of drug-likeness (QED) is 0.396. The molecule has 3 heterocycles. The predicted octanol–water partition coefficient (Wildman–Crippen LogP) is 5.11. The smallest absolute Gasteiger partial charge is 0.259 e. The Morgan fingerprint density at radius 2 is 1.74 bits per heavy atom. The maximum absolute atomic E-state index is 13.4. The van der Waals surface area contributed by atoms with E-state index < -0.39 is 0 Å². The zero-order valence-electron chi connectivity index (χ0n) is 17.3. The van der Waals surface area contributed by atoms with E-state index in [4.69, 9.17) is 4.74 Å². The first-order chi connectivity index (χ1) is 15.0. The number of hydrogen-bond donors (Lipinski definition) is 0. The molecule has 31 heavy (non-hydrogen) atoms. The third kappa shape index (κ3) is 3.17. The highest BCUT2D eigenvalue weighted by Crippen LogP contribution is 2.34. The van der Waals surface area contributed by atoms with Crippen LogP contribution >= 0.6 is 11.3 Å². The van der Waals surface area contributed by atoms with Gasteiger partial charge in [-0.1, -0.05) is 12.1 Å². The van der Waals surface area contributed by atoms with E-state index in [1.807, 2.05) is 23.1 Å².